The van der Waals surface area contributed by atoms with E-state index >= 15 is 0 Å². The predicted octanol–water partition coefficient (Wildman–Crippen LogP) is 4.03. The number of hydrogen-bond acceptors (Lipinski definition) is 3. The van der Waals surface area contributed by atoms with Gasteiger partial charge in [-0.25, -0.2) is 0 Å². The minimum atomic E-state index is 0.598. The van der Waals surface area contributed by atoms with Crippen LogP contribution in [0.25, 0.3) is 0 Å². The fourth-order valence-corrected chi connectivity index (χ4v) is 3.27. The highest BCUT2D eigenvalue weighted by molar-refractivity contribution is 6.32. The van der Waals surface area contributed by atoms with Crippen LogP contribution in [0.15, 0.2) is 12.1 Å². The Morgan fingerprint density at radius 2 is 2.05 bits per heavy atom. The lowest BCUT2D eigenvalue weighted by Crippen LogP contribution is -2.33. The first-order chi connectivity index (χ1) is 9.63. The summed E-state index contributed by atoms with van der Waals surface area (Å²) in [4.78, 5) is 0. The molecule has 1 saturated carbocycles. The van der Waals surface area contributed by atoms with E-state index in [9.17, 15) is 0 Å². The van der Waals surface area contributed by atoms with Crippen LogP contribution in [0.4, 0.5) is 0 Å². The van der Waals surface area contributed by atoms with Crippen molar-refractivity contribution in [2.24, 2.45) is 5.92 Å². The molecule has 3 nitrogen and oxygen atoms in total. The molecular weight excluding hydrogens is 274 g/mol. The molecule has 0 heterocycles. The molecule has 1 N–H and O–H groups in total. The zero-order valence-corrected chi connectivity index (χ0v) is 13.3. The zero-order chi connectivity index (χ0) is 14.5. The van der Waals surface area contributed by atoms with Crippen LogP contribution in [-0.2, 0) is 6.54 Å². The first-order valence-corrected chi connectivity index (χ1v) is 7.65. The Hall–Kier alpha value is -0.930. The number of benzene rings is 1. The van der Waals surface area contributed by atoms with Crippen LogP contribution in [0.2, 0.25) is 5.02 Å². The van der Waals surface area contributed by atoms with Gasteiger partial charge < -0.3 is 14.8 Å². The van der Waals surface area contributed by atoms with Gasteiger partial charge in [0.15, 0.2) is 11.5 Å². The largest absolute Gasteiger partial charge is 0.493 e. The van der Waals surface area contributed by atoms with E-state index in [1.54, 1.807) is 14.2 Å². The van der Waals surface area contributed by atoms with Crippen LogP contribution < -0.4 is 14.8 Å². The Labute approximate surface area is 126 Å². The lowest BCUT2D eigenvalue weighted by Gasteiger charge is -2.27. The van der Waals surface area contributed by atoms with Gasteiger partial charge in [-0.1, -0.05) is 31.4 Å². The van der Waals surface area contributed by atoms with Gasteiger partial charge in [-0.2, -0.15) is 0 Å². The van der Waals surface area contributed by atoms with E-state index in [-0.39, 0.29) is 0 Å². The Morgan fingerprint density at radius 3 is 2.70 bits per heavy atom. The molecule has 0 aliphatic heterocycles. The van der Waals surface area contributed by atoms with E-state index in [1.807, 2.05) is 12.1 Å². The maximum atomic E-state index is 6.23. The fraction of sp³-hybridized carbons (Fsp3) is 0.625. The second kappa shape index (κ2) is 7.19. The maximum Gasteiger partial charge on any atom is 0.179 e. The van der Waals surface area contributed by atoms with Crippen molar-refractivity contribution in [1.29, 1.82) is 0 Å². The smallest absolute Gasteiger partial charge is 0.179 e. The van der Waals surface area contributed by atoms with Crippen molar-refractivity contribution >= 4 is 11.6 Å². The molecule has 2 unspecified atom stereocenters. The van der Waals surface area contributed by atoms with Crippen molar-refractivity contribution in [3.8, 4) is 11.5 Å². The van der Waals surface area contributed by atoms with Gasteiger partial charge in [0.05, 0.1) is 19.2 Å². The minimum Gasteiger partial charge on any atom is -0.493 e. The van der Waals surface area contributed by atoms with Crippen molar-refractivity contribution in [1.82, 2.24) is 5.32 Å². The standard InChI is InChI=1S/C16H24ClNO2/c1-11-5-4-6-13(7-11)18-10-12-8-14(17)16(20-3)15(9-12)19-2/h8-9,11,13,18H,4-7,10H2,1-3H3. The lowest BCUT2D eigenvalue weighted by molar-refractivity contribution is 0.300. The molecule has 1 fully saturated rings. The van der Waals surface area contributed by atoms with Crippen molar-refractivity contribution in [2.45, 2.75) is 45.2 Å². The predicted molar refractivity (Wildman–Crippen MR) is 82.8 cm³/mol. The van der Waals surface area contributed by atoms with Crippen LogP contribution in [0.5, 0.6) is 11.5 Å². The lowest BCUT2D eigenvalue weighted by atomic mass is 9.87. The summed E-state index contributed by atoms with van der Waals surface area (Å²) in [5.74, 6) is 2.12. The number of halogens is 1. The van der Waals surface area contributed by atoms with Gasteiger partial charge in [0.2, 0.25) is 0 Å². The maximum absolute atomic E-state index is 6.23. The monoisotopic (exact) mass is 297 g/mol. The van der Waals surface area contributed by atoms with Crippen LogP contribution >= 0.6 is 11.6 Å². The molecule has 1 aliphatic rings. The Morgan fingerprint density at radius 1 is 1.25 bits per heavy atom. The Balaban J connectivity index is 2.00. The van der Waals surface area contributed by atoms with Gasteiger partial charge in [-0.05, 0) is 36.5 Å². The van der Waals surface area contributed by atoms with Crippen molar-refractivity contribution < 1.29 is 9.47 Å². The summed E-state index contributed by atoms with van der Waals surface area (Å²) in [6.45, 7) is 3.15. The molecule has 1 aromatic rings. The molecule has 0 bridgehead atoms. The van der Waals surface area contributed by atoms with Gasteiger partial charge in [0, 0.05) is 12.6 Å². The quantitative estimate of drug-likeness (QED) is 0.890. The molecule has 0 spiro atoms. The summed E-state index contributed by atoms with van der Waals surface area (Å²) in [6.07, 6.45) is 5.22. The highest BCUT2D eigenvalue weighted by Crippen LogP contribution is 2.36. The Kier molecular flexibility index (Phi) is 5.55. The van der Waals surface area contributed by atoms with Crippen LogP contribution in [0.1, 0.15) is 38.2 Å². The second-order valence-corrected chi connectivity index (χ2v) is 6.07. The molecule has 2 rings (SSSR count). The molecule has 2 atom stereocenters. The summed E-state index contributed by atoms with van der Waals surface area (Å²) < 4.78 is 10.6. The fourth-order valence-electron chi connectivity index (χ4n) is 2.96. The molecule has 20 heavy (non-hydrogen) atoms. The average molecular weight is 298 g/mol. The molecule has 0 aromatic heterocycles. The highest BCUT2D eigenvalue weighted by Gasteiger charge is 2.18. The number of hydrogen-bond donors (Lipinski definition) is 1. The van der Waals surface area contributed by atoms with Crippen molar-refractivity contribution in [3.05, 3.63) is 22.7 Å². The SMILES string of the molecule is COc1cc(CNC2CCCC(C)C2)cc(Cl)c1OC. The summed E-state index contributed by atoms with van der Waals surface area (Å²) in [5.41, 5.74) is 1.13. The van der Waals surface area contributed by atoms with E-state index in [0.29, 0.717) is 22.6 Å². The Bertz CT molecular complexity index is 450. The third-order valence-corrected chi connectivity index (χ3v) is 4.31. The summed E-state index contributed by atoms with van der Waals surface area (Å²) >= 11 is 6.23. The first kappa shape index (κ1) is 15.5. The van der Waals surface area contributed by atoms with Crippen LogP contribution in [0, 0.1) is 5.92 Å². The van der Waals surface area contributed by atoms with Gasteiger partial charge >= 0.3 is 0 Å². The average Bonchev–Trinajstić information content (AvgIpc) is 2.44. The highest BCUT2D eigenvalue weighted by atomic mass is 35.5. The van der Waals surface area contributed by atoms with E-state index in [1.165, 1.54) is 25.7 Å². The molecule has 112 valence electrons. The molecule has 0 amide bonds. The zero-order valence-electron chi connectivity index (χ0n) is 12.5. The van der Waals surface area contributed by atoms with Gasteiger partial charge in [-0.15, -0.1) is 0 Å². The normalized spacial score (nSPS) is 22.6. The third-order valence-electron chi connectivity index (χ3n) is 4.02. The van der Waals surface area contributed by atoms with E-state index < -0.39 is 0 Å². The molecule has 0 saturated heterocycles. The summed E-state index contributed by atoms with van der Waals surface area (Å²) in [5, 5.41) is 4.23. The molecule has 4 heteroatoms. The second-order valence-electron chi connectivity index (χ2n) is 5.66. The van der Waals surface area contributed by atoms with Gasteiger partial charge in [0.25, 0.3) is 0 Å². The molecule has 1 aliphatic carbocycles. The van der Waals surface area contributed by atoms with E-state index in [4.69, 9.17) is 21.1 Å². The minimum absolute atomic E-state index is 0.598. The molecule has 0 radical (unpaired) electrons. The van der Waals surface area contributed by atoms with Crippen molar-refractivity contribution in [2.75, 3.05) is 14.2 Å². The van der Waals surface area contributed by atoms with E-state index in [2.05, 4.69) is 12.2 Å². The summed E-state index contributed by atoms with van der Waals surface area (Å²) in [7, 11) is 3.24. The topological polar surface area (TPSA) is 30.5 Å². The van der Waals surface area contributed by atoms with Gasteiger partial charge in [-0.3, -0.25) is 0 Å². The van der Waals surface area contributed by atoms with Crippen molar-refractivity contribution in [3.63, 3.8) is 0 Å². The first-order valence-electron chi connectivity index (χ1n) is 7.27. The number of ether oxygens (including phenoxy) is 2. The van der Waals surface area contributed by atoms with Gasteiger partial charge in [0.1, 0.15) is 0 Å². The van der Waals surface area contributed by atoms with E-state index in [0.717, 1.165) is 18.0 Å². The number of methoxy groups -OCH3 is 2. The molecule has 1 aromatic carbocycles. The number of rotatable bonds is 5. The van der Waals surface area contributed by atoms with Crippen LogP contribution in [0.3, 0.4) is 0 Å². The third kappa shape index (κ3) is 3.80. The van der Waals surface area contributed by atoms with Crippen LogP contribution in [-0.4, -0.2) is 20.3 Å². The summed E-state index contributed by atoms with van der Waals surface area (Å²) in [6, 6.07) is 4.55. The number of nitrogens with one attached hydrogen (secondary N) is 1. The molecular formula is C16H24ClNO2.